The number of nitrogens with one attached hydrogen (secondary N) is 1. The summed E-state index contributed by atoms with van der Waals surface area (Å²) in [5.74, 6) is 0. The van der Waals surface area contributed by atoms with E-state index in [1.54, 1.807) is 0 Å². The van der Waals surface area contributed by atoms with Gasteiger partial charge in [0.15, 0.2) is 0 Å². The summed E-state index contributed by atoms with van der Waals surface area (Å²) in [6, 6.07) is 6.67. The van der Waals surface area contributed by atoms with Gasteiger partial charge in [0.25, 0.3) is 0 Å². The number of anilines is 2. The summed E-state index contributed by atoms with van der Waals surface area (Å²) in [4.78, 5) is 2.47. The number of rotatable bonds is 1. The molecule has 1 fully saturated rings. The van der Waals surface area contributed by atoms with Gasteiger partial charge >= 0.3 is 0 Å². The molecule has 1 N–H and O–H groups in total. The highest BCUT2D eigenvalue weighted by atomic mass is 16.5. The van der Waals surface area contributed by atoms with Crippen molar-refractivity contribution in [3.8, 4) is 0 Å². The number of benzene rings is 1. The molecule has 0 saturated carbocycles. The number of hydrogen-bond acceptors (Lipinski definition) is 3. The number of ether oxygens (including phenoxy) is 1. The average Bonchev–Trinajstić information content (AvgIpc) is 2.37. The molecular weight excluding hydrogens is 224 g/mol. The lowest BCUT2D eigenvalue weighted by Gasteiger charge is -2.38. The maximum atomic E-state index is 5.82. The zero-order valence-corrected chi connectivity index (χ0v) is 11.3. The van der Waals surface area contributed by atoms with E-state index in [1.165, 1.54) is 29.8 Å². The minimum Gasteiger partial charge on any atom is -0.383 e. The first-order valence-electron chi connectivity index (χ1n) is 7.00. The van der Waals surface area contributed by atoms with Gasteiger partial charge in [-0.3, -0.25) is 0 Å². The maximum absolute atomic E-state index is 5.82. The molecule has 2 heterocycles. The largest absolute Gasteiger partial charge is 0.383 e. The summed E-state index contributed by atoms with van der Waals surface area (Å²) in [6.07, 6.45) is 3.07. The Morgan fingerprint density at radius 1 is 1.22 bits per heavy atom. The molecule has 0 aliphatic carbocycles. The monoisotopic (exact) mass is 246 g/mol. The van der Waals surface area contributed by atoms with E-state index in [0.29, 0.717) is 12.2 Å². The Kier molecular flexibility index (Phi) is 3.16. The first kappa shape index (κ1) is 11.8. The Labute approximate surface area is 109 Å². The zero-order valence-electron chi connectivity index (χ0n) is 11.3. The van der Waals surface area contributed by atoms with E-state index in [9.17, 15) is 0 Å². The van der Waals surface area contributed by atoms with E-state index >= 15 is 0 Å². The third-order valence-electron chi connectivity index (χ3n) is 3.81. The van der Waals surface area contributed by atoms with Crippen LogP contribution in [0, 0.1) is 0 Å². The van der Waals surface area contributed by atoms with Gasteiger partial charge in [0.1, 0.15) is 0 Å². The van der Waals surface area contributed by atoms with Gasteiger partial charge in [-0.25, -0.2) is 0 Å². The Morgan fingerprint density at radius 3 is 2.78 bits per heavy atom. The molecule has 0 spiro atoms. The van der Waals surface area contributed by atoms with Crippen LogP contribution in [-0.4, -0.2) is 31.8 Å². The van der Waals surface area contributed by atoms with E-state index in [0.717, 1.165) is 19.6 Å². The summed E-state index contributed by atoms with van der Waals surface area (Å²) in [5, 5.41) is 3.58. The fourth-order valence-electron chi connectivity index (χ4n) is 3.13. The summed E-state index contributed by atoms with van der Waals surface area (Å²) in [7, 11) is 0. The van der Waals surface area contributed by atoms with Gasteiger partial charge in [-0.05, 0) is 38.3 Å². The molecule has 1 saturated heterocycles. The Hall–Kier alpha value is -1.22. The van der Waals surface area contributed by atoms with Crippen LogP contribution < -0.4 is 10.2 Å². The van der Waals surface area contributed by atoms with E-state index in [1.807, 2.05) is 0 Å². The Bertz CT molecular complexity index is 423. The van der Waals surface area contributed by atoms with E-state index in [-0.39, 0.29) is 0 Å². The first-order valence-corrected chi connectivity index (χ1v) is 7.00. The molecule has 2 atom stereocenters. The maximum Gasteiger partial charge on any atom is 0.0726 e. The molecule has 2 aliphatic rings. The van der Waals surface area contributed by atoms with Crippen LogP contribution in [0.4, 0.5) is 11.4 Å². The highest BCUT2D eigenvalue weighted by Crippen LogP contribution is 2.34. The highest BCUT2D eigenvalue weighted by molar-refractivity contribution is 5.74. The topological polar surface area (TPSA) is 24.5 Å². The standard InChI is InChI=1S/C15H22N2O/c1-11-9-17(10-12(2)18-11)14-7-3-5-13-6-4-8-16-15(13)14/h3,5,7,11-12,16H,4,6,8-10H2,1-2H3/t11-,12+. The van der Waals surface area contributed by atoms with Crippen molar-refractivity contribution in [2.45, 2.75) is 38.9 Å². The van der Waals surface area contributed by atoms with Crippen LogP contribution in [0.2, 0.25) is 0 Å². The van der Waals surface area contributed by atoms with Crippen molar-refractivity contribution in [3.63, 3.8) is 0 Å². The molecule has 0 bridgehead atoms. The number of aryl methyl sites for hydroxylation is 1. The van der Waals surface area contributed by atoms with Crippen LogP contribution in [0.3, 0.4) is 0 Å². The van der Waals surface area contributed by atoms with Gasteiger partial charge in [0.2, 0.25) is 0 Å². The SMILES string of the molecule is C[C@@H]1CN(c2cccc3c2NCCC3)C[C@H](C)O1. The fraction of sp³-hybridized carbons (Fsp3) is 0.600. The van der Waals surface area contributed by atoms with Gasteiger partial charge in [-0.1, -0.05) is 12.1 Å². The van der Waals surface area contributed by atoms with E-state index in [4.69, 9.17) is 4.74 Å². The minimum absolute atomic E-state index is 0.313. The lowest BCUT2D eigenvalue weighted by Crippen LogP contribution is -2.45. The molecule has 0 amide bonds. The van der Waals surface area contributed by atoms with Gasteiger partial charge in [0, 0.05) is 19.6 Å². The van der Waals surface area contributed by atoms with Crippen molar-refractivity contribution in [1.82, 2.24) is 0 Å². The van der Waals surface area contributed by atoms with Crippen molar-refractivity contribution < 1.29 is 4.74 Å². The second kappa shape index (κ2) is 4.81. The second-order valence-corrected chi connectivity index (χ2v) is 5.50. The number of fused-ring (bicyclic) bond motifs is 1. The number of morpholine rings is 1. The molecule has 3 rings (SSSR count). The summed E-state index contributed by atoms with van der Waals surface area (Å²) < 4.78 is 5.82. The molecule has 1 aromatic rings. The van der Waals surface area contributed by atoms with Crippen LogP contribution in [0.5, 0.6) is 0 Å². The predicted octanol–water partition coefficient (Wildman–Crippen LogP) is 2.66. The van der Waals surface area contributed by atoms with E-state index in [2.05, 4.69) is 42.3 Å². The lowest BCUT2D eigenvalue weighted by atomic mass is 10.0. The molecular formula is C15H22N2O. The van der Waals surface area contributed by atoms with Crippen LogP contribution in [0.1, 0.15) is 25.8 Å². The molecule has 0 unspecified atom stereocenters. The third-order valence-corrected chi connectivity index (χ3v) is 3.81. The number of nitrogens with zero attached hydrogens (tertiary/aromatic N) is 1. The van der Waals surface area contributed by atoms with Crippen LogP contribution >= 0.6 is 0 Å². The molecule has 1 aromatic carbocycles. The molecule has 2 aliphatic heterocycles. The van der Waals surface area contributed by atoms with Crippen molar-refractivity contribution in [2.24, 2.45) is 0 Å². The Balaban J connectivity index is 1.91. The van der Waals surface area contributed by atoms with Gasteiger partial charge in [-0.15, -0.1) is 0 Å². The smallest absolute Gasteiger partial charge is 0.0726 e. The first-order chi connectivity index (χ1) is 8.74. The average molecular weight is 246 g/mol. The van der Waals surface area contributed by atoms with Crippen molar-refractivity contribution in [2.75, 3.05) is 29.9 Å². The fourth-order valence-corrected chi connectivity index (χ4v) is 3.13. The quantitative estimate of drug-likeness (QED) is 0.824. The second-order valence-electron chi connectivity index (χ2n) is 5.50. The normalized spacial score (nSPS) is 27.6. The number of hydrogen-bond donors (Lipinski definition) is 1. The summed E-state index contributed by atoms with van der Waals surface area (Å²) in [5.41, 5.74) is 4.17. The van der Waals surface area contributed by atoms with Crippen molar-refractivity contribution >= 4 is 11.4 Å². The van der Waals surface area contributed by atoms with Crippen LogP contribution in [0.15, 0.2) is 18.2 Å². The van der Waals surface area contributed by atoms with Crippen molar-refractivity contribution in [3.05, 3.63) is 23.8 Å². The highest BCUT2D eigenvalue weighted by Gasteiger charge is 2.25. The molecule has 3 nitrogen and oxygen atoms in total. The van der Waals surface area contributed by atoms with Gasteiger partial charge < -0.3 is 15.0 Å². The minimum atomic E-state index is 0.313. The van der Waals surface area contributed by atoms with Gasteiger partial charge in [0.05, 0.1) is 23.6 Å². The Morgan fingerprint density at radius 2 is 2.00 bits per heavy atom. The molecule has 0 radical (unpaired) electrons. The molecule has 0 aromatic heterocycles. The molecule has 18 heavy (non-hydrogen) atoms. The van der Waals surface area contributed by atoms with Gasteiger partial charge in [-0.2, -0.15) is 0 Å². The van der Waals surface area contributed by atoms with Crippen molar-refractivity contribution in [1.29, 1.82) is 0 Å². The van der Waals surface area contributed by atoms with Crippen LogP contribution in [-0.2, 0) is 11.2 Å². The molecule has 98 valence electrons. The summed E-state index contributed by atoms with van der Waals surface area (Å²) in [6.45, 7) is 7.39. The summed E-state index contributed by atoms with van der Waals surface area (Å²) >= 11 is 0. The molecule has 3 heteroatoms. The van der Waals surface area contributed by atoms with Crippen LogP contribution in [0.25, 0.3) is 0 Å². The number of para-hydroxylation sites is 1. The zero-order chi connectivity index (χ0) is 12.5. The predicted molar refractivity (Wildman–Crippen MR) is 75.5 cm³/mol. The lowest BCUT2D eigenvalue weighted by molar-refractivity contribution is -0.00518. The third kappa shape index (κ3) is 2.19. The van der Waals surface area contributed by atoms with E-state index < -0.39 is 0 Å².